The van der Waals surface area contributed by atoms with Crippen LogP contribution in [0.5, 0.6) is 5.75 Å². The van der Waals surface area contributed by atoms with Crippen molar-refractivity contribution in [3.8, 4) is 17.1 Å². The highest BCUT2D eigenvalue weighted by Gasteiger charge is 2.34. The number of hydrogen-bond donors (Lipinski definition) is 0. The average molecular weight is 405 g/mol. The zero-order valence-electron chi connectivity index (χ0n) is 17.5. The van der Waals surface area contributed by atoms with Crippen LogP contribution in [-0.4, -0.2) is 40.1 Å². The number of rotatable bonds is 8. The quantitative estimate of drug-likeness (QED) is 0.553. The molecule has 4 rings (SSSR count). The third-order valence-electron chi connectivity index (χ3n) is 5.23. The first-order valence-corrected chi connectivity index (χ1v) is 10.5. The summed E-state index contributed by atoms with van der Waals surface area (Å²) in [6.07, 6.45) is 2.47. The largest absolute Gasteiger partial charge is 0.491 e. The first-order valence-electron chi connectivity index (χ1n) is 10.5. The summed E-state index contributed by atoms with van der Waals surface area (Å²) in [4.78, 5) is 18.9. The number of amides is 1. The van der Waals surface area contributed by atoms with Crippen molar-refractivity contribution in [3.05, 3.63) is 66.1 Å². The maximum Gasteiger partial charge on any atom is 0.232 e. The van der Waals surface area contributed by atoms with Crippen LogP contribution in [0.15, 0.2) is 59.1 Å². The number of hydrogen-bond acceptors (Lipinski definition) is 5. The van der Waals surface area contributed by atoms with E-state index in [2.05, 4.69) is 22.3 Å². The van der Waals surface area contributed by atoms with Crippen LogP contribution in [0.4, 0.5) is 0 Å². The molecule has 30 heavy (non-hydrogen) atoms. The molecule has 1 fully saturated rings. The SMILES string of the molecule is CC(C)Oc1ccc(-c2noc(C3CC(=O)N(CCCc4ccccc4)C3)n2)cc1. The van der Waals surface area contributed by atoms with E-state index in [1.165, 1.54) is 5.56 Å². The minimum atomic E-state index is -0.0426. The lowest BCUT2D eigenvalue weighted by atomic mass is 10.1. The molecule has 1 atom stereocenters. The standard InChI is InChI=1S/C24H27N3O3/c1-17(2)29-21-12-10-19(11-13-21)23-25-24(30-26-23)20-15-22(28)27(16-20)14-6-9-18-7-4-3-5-8-18/h3-5,7-8,10-13,17,20H,6,9,14-16H2,1-2H3. The van der Waals surface area contributed by atoms with E-state index in [1.807, 2.05) is 61.2 Å². The molecule has 0 N–H and O–H groups in total. The van der Waals surface area contributed by atoms with Gasteiger partial charge >= 0.3 is 0 Å². The molecule has 1 amide bonds. The number of nitrogens with zero attached hydrogens (tertiary/aromatic N) is 3. The Morgan fingerprint density at radius 1 is 1.13 bits per heavy atom. The second-order valence-corrected chi connectivity index (χ2v) is 7.98. The maximum atomic E-state index is 12.4. The molecule has 6 nitrogen and oxygen atoms in total. The van der Waals surface area contributed by atoms with Gasteiger partial charge in [0.2, 0.25) is 17.6 Å². The zero-order chi connectivity index (χ0) is 20.9. The number of carbonyl (C=O) groups excluding carboxylic acids is 1. The van der Waals surface area contributed by atoms with Gasteiger partial charge in [-0.3, -0.25) is 4.79 Å². The monoisotopic (exact) mass is 405 g/mol. The first kappa shape index (κ1) is 20.1. The summed E-state index contributed by atoms with van der Waals surface area (Å²) in [5.41, 5.74) is 2.16. The third-order valence-corrected chi connectivity index (χ3v) is 5.23. The van der Waals surface area contributed by atoms with Crippen molar-refractivity contribution in [1.82, 2.24) is 15.0 Å². The second kappa shape index (κ2) is 9.11. The molecule has 1 aromatic heterocycles. The van der Waals surface area contributed by atoms with E-state index >= 15 is 0 Å². The van der Waals surface area contributed by atoms with Gasteiger partial charge in [0.15, 0.2) is 0 Å². The zero-order valence-corrected chi connectivity index (χ0v) is 17.5. The van der Waals surface area contributed by atoms with Crippen molar-refractivity contribution >= 4 is 5.91 Å². The lowest BCUT2D eigenvalue weighted by molar-refractivity contribution is -0.127. The number of ether oxygens (including phenoxy) is 1. The Kier molecular flexibility index (Phi) is 6.12. The number of benzene rings is 2. The summed E-state index contributed by atoms with van der Waals surface area (Å²) in [6, 6.07) is 18.0. The van der Waals surface area contributed by atoms with Crippen LogP contribution in [-0.2, 0) is 11.2 Å². The van der Waals surface area contributed by atoms with Crippen molar-refractivity contribution in [2.24, 2.45) is 0 Å². The normalized spacial score (nSPS) is 16.4. The Bertz CT molecular complexity index is 967. The van der Waals surface area contributed by atoms with E-state index < -0.39 is 0 Å². The van der Waals surface area contributed by atoms with Gasteiger partial charge < -0.3 is 14.2 Å². The Labute approximate surface area is 176 Å². The van der Waals surface area contributed by atoms with Crippen molar-refractivity contribution in [2.75, 3.05) is 13.1 Å². The predicted molar refractivity (Wildman–Crippen MR) is 114 cm³/mol. The highest BCUT2D eigenvalue weighted by atomic mass is 16.5. The summed E-state index contributed by atoms with van der Waals surface area (Å²) in [5, 5.41) is 4.12. The summed E-state index contributed by atoms with van der Waals surface area (Å²) in [6.45, 7) is 5.37. The van der Waals surface area contributed by atoms with Crippen molar-refractivity contribution in [3.63, 3.8) is 0 Å². The molecule has 0 spiro atoms. The number of aromatic nitrogens is 2. The molecule has 1 saturated heterocycles. The van der Waals surface area contributed by atoms with Crippen molar-refractivity contribution in [2.45, 2.75) is 45.1 Å². The molecule has 1 aliphatic heterocycles. The molecule has 2 aromatic carbocycles. The van der Waals surface area contributed by atoms with Gasteiger partial charge in [-0.2, -0.15) is 4.98 Å². The minimum absolute atomic E-state index is 0.0426. The topological polar surface area (TPSA) is 68.5 Å². The van der Waals surface area contributed by atoms with Gasteiger partial charge in [-0.1, -0.05) is 35.5 Å². The second-order valence-electron chi connectivity index (χ2n) is 7.98. The first-order chi connectivity index (χ1) is 14.6. The van der Waals surface area contributed by atoms with E-state index in [0.717, 1.165) is 30.7 Å². The summed E-state index contributed by atoms with van der Waals surface area (Å²) < 4.78 is 11.2. The Hall–Kier alpha value is -3.15. The smallest absolute Gasteiger partial charge is 0.232 e. The Morgan fingerprint density at radius 2 is 1.90 bits per heavy atom. The molecule has 1 aliphatic rings. The van der Waals surface area contributed by atoms with Crippen LogP contribution in [0.25, 0.3) is 11.4 Å². The molecular weight excluding hydrogens is 378 g/mol. The van der Waals surface area contributed by atoms with Gasteiger partial charge in [-0.05, 0) is 56.5 Å². The number of carbonyl (C=O) groups is 1. The highest BCUT2D eigenvalue weighted by Crippen LogP contribution is 2.29. The highest BCUT2D eigenvalue weighted by molar-refractivity contribution is 5.79. The molecule has 0 aliphatic carbocycles. The van der Waals surface area contributed by atoms with E-state index in [-0.39, 0.29) is 17.9 Å². The molecule has 0 bridgehead atoms. The number of aryl methyl sites for hydroxylation is 1. The van der Waals surface area contributed by atoms with E-state index in [9.17, 15) is 4.79 Å². The van der Waals surface area contributed by atoms with E-state index in [0.29, 0.717) is 24.7 Å². The Balaban J connectivity index is 1.34. The minimum Gasteiger partial charge on any atom is -0.491 e. The van der Waals surface area contributed by atoms with Crippen LogP contribution in [0, 0.1) is 0 Å². The lowest BCUT2D eigenvalue weighted by Crippen LogP contribution is -2.26. The fourth-order valence-electron chi connectivity index (χ4n) is 3.75. The molecule has 0 radical (unpaired) electrons. The van der Waals surface area contributed by atoms with Crippen LogP contribution < -0.4 is 4.74 Å². The van der Waals surface area contributed by atoms with Crippen LogP contribution >= 0.6 is 0 Å². The van der Waals surface area contributed by atoms with E-state index in [1.54, 1.807) is 0 Å². The lowest BCUT2D eigenvalue weighted by Gasteiger charge is -2.15. The fraction of sp³-hybridized carbons (Fsp3) is 0.375. The van der Waals surface area contributed by atoms with Gasteiger partial charge in [-0.25, -0.2) is 0 Å². The summed E-state index contributed by atoms with van der Waals surface area (Å²) >= 11 is 0. The third kappa shape index (κ3) is 4.87. The Morgan fingerprint density at radius 3 is 2.63 bits per heavy atom. The van der Waals surface area contributed by atoms with Crippen molar-refractivity contribution in [1.29, 1.82) is 0 Å². The van der Waals surface area contributed by atoms with Gasteiger partial charge in [0.1, 0.15) is 5.75 Å². The molecule has 0 saturated carbocycles. The molecule has 156 valence electrons. The molecule has 2 heterocycles. The van der Waals surface area contributed by atoms with Crippen LogP contribution in [0.2, 0.25) is 0 Å². The van der Waals surface area contributed by atoms with Crippen molar-refractivity contribution < 1.29 is 14.1 Å². The van der Waals surface area contributed by atoms with Gasteiger partial charge in [-0.15, -0.1) is 0 Å². The summed E-state index contributed by atoms with van der Waals surface area (Å²) in [7, 11) is 0. The fourth-order valence-corrected chi connectivity index (χ4v) is 3.75. The molecule has 1 unspecified atom stereocenters. The average Bonchev–Trinajstić information content (AvgIpc) is 3.36. The van der Waals surface area contributed by atoms with Gasteiger partial charge in [0, 0.05) is 25.1 Å². The molecular formula is C24H27N3O3. The van der Waals surface area contributed by atoms with Gasteiger partial charge in [0.25, 0.3) is 0 Å². The maximum absolute atomic E-state index is 12.4. The molecule has 3 aromatic rings. The van der Waals surface area contributed by atoms with Crippen LogP contribution in [0.3, 0.4) is 0 Å². The van der Waals surface area contributed by atoms with Gasteiger partial charge in [0.05, 0.1) is 12.0 Å². The van der Waals surface area contributed by atoms with Crippen LogP contribution in [0.1, 0.15) is 44.1 Å². The predicted octanol–water partition coefficient (Wildman–Crippen LogP) is 4.47. The van der Waals surface area contributed by atoms with E-state index in [4.69, 9.17) is 9.26 Å². The number of likely N-dealkylation sites (tertiary alicyclic amines) is 1. The molecule has 6 heteroatoms. The summed E-state index contributed by atoms with van der Waals surface area (Å²) in [5.74, 6) is 1.99.